The second kappa shape index (κ2) is 7.37. The zero-order valence-corrected chi connectivity index (χ0v) is 15.6. The summed E-state index contributed by atoms with van der Waals surface area (Å²) in [5.74, 6) is 0.305. The number of ether oxygens (including phenoxy) is 1. The summed E-state index contributed by atoms with van der Waals surface area (Å²) in [5.41, 5.74) is 0.782. The van der Waals surface area contributed by atoms with Gasteiger partial charge in [0, 0.05) is 11.1 Å². The van der Waals surface area contributed by atoms with Crippen LogP contribution in [0.1, 0.15) is 18.1 Å². The topological polar surface area (TPSA) is 112 Å². The monoisotopic (exact) mass is 389 g/mol. The number of hydrazone groups is 1. The minimum atomic E-state index is -3.82. The first-order valence-electron chi connectivity index (χ1n) is 8.13. The van der Waals surface area contributed by atoms with Crippen LogP contribution in [0.2, 0.25) is 0 Å². The number of sulfonamides is 1. The standard InChI is InChI=1S/C18H19N3O5S/c1-12(22)11-21(19-10-13-6-5-8-15(26-2)17(13)23)18-14-7-3-4-9-16(14)27(24,25)20-18/h3-10,12,22-23H,11H2,1-2H3/b19-10-/t12-/m1/s1. The van der Waals surface area contributed by atoms with Crippen molar-refractivity contribution in [3.63, 3.8) is 0 Å². The van der Waals surface area contributed by atoms with Crippen molar-refractivity contribution in [2.45, 2.75) is 17.9 Å². The lowest BCUT2D eigenvalue weighted by molar-refractivity contribution is 0.161. The van der Waals surface area contributed by atoms with Gasteiger partial charge in [0.2, 0.25) is 0 Å². The Bertz CT molecular complexity index is 1020. The van der Waals surface area contributed by atoms with Gasteiger partial charge in [0.1, 0.15) is 4.90 Å². The molecule has 0 bridgehead atoms. The molecule has 9 heteroatoms. The molecular formula is C18H19N3O5S. The van der Waals surface area contributed by atoms with Crippen molar-refractivity contribution in [2.75, 3.05) is 13.7 Å². The zero-order valence-electron chi connectivity index (χ0n) is 14.8. The number of para-hydroxylation sites is 1. The minimum absolute atomic E-state index is 0.0178. The van der Waals surface area contributed by atoms with Crippen LogP contribution in [0, 0.1) is 0 Å². The molecule has 8 nitrogen and oxygen atoms in total. The highest BCUT2D eigenvalue weighted by Crippen LogP contribution is 2.29. The number of methoxy groups -OCH3 is 1. The molecule has 1 heterocycles. The molecule has 1 atom stereocenters. The molecule has 2 aromatic rings. The van der Waals surface area contributed by atoms with Crippen molar-refractivity contribution < 1.29 is 23.4 Å². The largest absolute Gasteiger partial charge is 0.504 e. The summed E-state index contributed by atoms with van der Waals surface area (Å²) in [7, 11) is -2.38. The molecule has 0 saturated carbocycles. The van der Waals surface area contributed by atoms with E-state index < -0.39 is 16.1 Å². The minimum Gasteiger partial charge on any atom is -0.504 e. The number of fused-ring (bicyclic) bond motifs is 1. The number of aliphatic hydroxyl groups is 1. The Morgan fingerprint density at radius 2 is 2.00 bits per heavy atom. The van der Waals surface area contributed by atoms with Crippen LogP contribution >= 0.6 is 0 Å². The summed E-state index contributed by atoms with van der Waals surface area (Å²) < 4.78 is 33.4. The lowest BCUT2D eigenvalue weighted by atomic mass is 10.2. The van der Waals surface area contributed by atoms with Gasteiger partial charge in [-0.2, -0.15) is 13.5 Å². The van der Waals surface area contributed by atoms with E-state index in [2.05, 4.69) is 9.50 Å². The molecule has 142 valence electrons. The number of amidine groups is 1. The third-order valence-corrected chi connectivity index (χ3v) is 5.21. The van der Waals surface area contributed by atoms with Gasteiger partial charge in [0.15, 0.2) is 17.3 Å². The van der Waals surface area contributed by atoms with Gasteiger partial charge in [-0.3, -0.25) is 0 Å². The third kappa shape index (κ3) is 3.79. The lowest BCUT2D eigenvalue weighted by Gasteiger charge is -2.20. The van der Waals surface area contributed by atoms with Crippen LogP contribution in [0.15, 0.2) is 56.9 Å². The van der Waals surface area contributed by atoms with E-state index in [0.717, 1.165) is 0 Å². The summed E-state index contributed by atoms with van der Waals surface area (Å²) in [6.45, 7) is 1.57. The first-order chi connectivity index (χ1) is 12.8. The normalized spacial score (nSPS) is 16.0. The van der Waals surface area contributed by atoms with Crippen LogP contribution in [0.25, 0.3) is 0 Å². The molecule has 0 spiro atoms. The Kier molecular flexibility index (Phi) is 5.15. The Morgan fingerprint density at radius 3 is 2.70 bits per heavy atom. The van der Waals surface area contributed by atoms with Crippen LogP contribution in [0.3, 0.4) is 0 Å². The predicted octanol–water partition coefficient (Wildman–Crippen LogP) is 1.57. The molecule has 1 aliphatic heterocycles. The highest BCUT2D eigenvalue weighted by atomic mass is 32.2. The number of phenolic OH excluding ortho intramolecular Hbond substituents is 1. The molecule has 0 radical (unpaired) electrons. The summed E-state index contributed by atoms with van der Waals surface area (Å²) in [6, 6.07) is 11.3. The highest BCUT2D eigenvalue weighted by molar-refractivity contribution is 7.90. The van der Waals surface area contributed by atoms with E-state index in [-0.39, 0.29) is 28.8 Å². The van der Waals surface area contributed by atoms with Gasteiger partial charge in [-0.05, 0) is 31.2 Å². The van der Waals surface area contributed by atoms with E-state index in [9.17, 15) is 18.6 Å². The number of hydrogen-bond donors (Lipinski definition) is 2. The Balaban J connectivity index is 2.02. The van der Waals surface area contributed by atoms with Gasteiger partial charge in [0.05, 0.1) is 26.0 Å². The van der Waals surface area contributed by atoms with E-state index in [1.165, 1.54) is 24.4 Å². The number of aromatic hydroxyl groups is 1. The maximum absolute atomic E-state index is 12.3. The summed E-state index contributed by atoms with van der Waals surface area (Å²) >= 11 is 0. The molecule has 0 amide bonds. The van der Waals surface area contributed by atoms with Gasteiger partial charge in [-0.15, -0.1) is 4.40 Å². The van der Waals surface area contributed by atoms with Crippen molar-refractivity contribution in [2.24, 2.45) is 9.50 Å². The predicted molar refractivity (Wildman–Crippen MR) is 101 cm³/mol. The summed E-state index contributed by atoms with van der Waals surface area (Å²) in [5, 5.41) is 25.5. The van der Waals surface area contributed by atoms with E-state index in [1.54, 1.807) is 43.3 Å². The van der Waals surface area contributed by atoms with Crippen LogP contribution in [-0.4, -0.2) is 55.4 Å². The molecule has 3 rings (SSSR count). The number of phenols is 1. The number of aliphatic hydroxyl groups excluding tert-OH is 1. The molecule has 2 aromatic carbocycles. The number of rotatable bonds is 5. The second-order valence-electron chi connectivity index (χ2n) is 5.96. The van der Waals surface area contributed by atoms with Crippen LogP contribution in [0.4, 0.5) is 0 Å². The van der Waals surface area contributed by atoms with E-state index in [0.29, 0.717) is 11.1 Å². The van der Waals surface area contributed by atoms with Crippen molar-refractivity contribution in [1.82, 2.24) is 5.01 Å². The number of benzene rings is 2. The van der Waals surface area contributed by atoms with Gasteiger partial charge in [-0.25, -0.2) is 5.01 Å². The Morgan fingerprint density at radius 1 is 1.26 bits per heavy atom. The number of hydrogen-bond acceptors (Lipinski definition) is 7. The molecule has 0 fully saturated rings. The van der Waals surface area contributed by atoms with Crippen molar-refractivity contribution in [1.29, 1.82) is 0 Å². The Labute approximate surface area is 157 Å². The van der Waals surface area contributed by atoms with Crippen molar-refractivity contribution in [3.8, 4) is 11.5 Å². The van der Waals surface area contributed by atoms with Crippen molar-refractivity contribution in [3.05, 3.63) is 53.6 Å². The molecule has 27 heavy (non-hydrogen) atoms. The van der Waals surface area contributed by atoms with Gasteiger partial charge in [0.25, 0.3) is 10.0 Å². The van der Waals surface area contributed by atoms with Gasteiger partial charge >= 0.3 is 0 Å². The maximum Gasteiger partial charge on any atom is 0.285 e. The highest BCUT2D eigenvalue weighted by Gasteiger charge is 2.32. The molecule has 0 aliphatic carbocycles. The fourth-order valence-electron chi connectivity index (χ4n) is 2.65. The Hall–Kier alpha value is -2.91. The molecule has 0 aromatic heterocycles. The quantitative estimate of drug-likeness (QED) is 0.593. The third-order valence-electron chi connectivity index (χ3n) is 3.88. The van der Waals surface area contributed by atoms with Crippen LogP contribution < -0.4 is 4.74 Å². The smallest absolute Gasteiger partial charge is 0.285 e. The van der Waals surface area contributed by atoms with Crippen LogP contribution in [-0.2, 0) is 10.0 Å². The number of nitrogens with zero attached hydrogens (tertiary/aromatic N) is 3. The molecule has 2 N–H and O–H groups in total. The fraction of sp³-hybridized carbons (Fsp3) is 0.222. The lowest BCUT2D eigenvalue weighted by Crippen LogP contribution is -2.32. The van der Waals surface area contributed by atoms with Gasteiger partial charge in [-0.1, -0.05) is 18.2 Å². The first kappa shape index (κ1) is 18.9. The average Bonchev–Trinajstić information content (AvgIpc) is 2.91. The average molecular weight is 389 g/mol. The van der Waals surface area contributed by atoms with E-state index >= 15 is 0 Å². The molecule has 1 aliphatic rings. The SMILES string of the molecule is COc1cccc(/C=N\N(C[C@@H](C)O)C2=NS(=O)(=O)c3ccccc32)c1O. The molecular weight excluding hydrogens is 370 g/mol. The van der Waals surface area contributed by atoms with Gasteiger partial charge < -0.3 is 14.9 Å². The van der Waals surface area contributed by atoms with E-state index in [4.69, 9.17) is 4.74 Å². The van der Waals surface area contributed by atoms with Crippen molar-refractivity contribution >= 4 is 22.1 Å². The summed E-state index contributed by atoms with van der Waals surface area (Å²) in [6.07, 6.45) is 0.565. The maximum atomic E-state index is 12.3. The fourth-order valence-corrected chi connectivity index (χ4v) is 3.86. The zero-order chi connectivity index (χ0) is 19.6. The molecule has 0 saturated heterocycles. The molecule has 0 unspecified atom stereocenters. The van der Waals surface area contributed by atoms with Crippen LogP contribution in [0.5, 0.6) is 11.5 Å². The van der Waals surface area contributed by atoms with E-state index in [1.807, 2.05) is 0 Å². The summed E-state index contributed by atoms with van der Waals surface area (Å²) in [4.78, 5) is 0.0926. The first-order valence-corrected chi connectivity index (χ1v) is 9.57. The second-order valence-corrected chi connectivity index (χ2v) is 7.53.